The maximum absolute atomic E-state index is 4.39. The molecule has 21 heavy (non-hydrogen) atoms. The molecule has 4 nitrogen and oxygen atoms in total. The first-order valence-corrected chi connectivity index (χ1v) is 8.34. The zero-order chi connectivity index (χ0) is 14.5. The molecule has 2 aromatic heterocycles. The fourth-order valence-corrected chi connectivity index (χ4v) is 3.11. The average Bonchev–Trinajstić information content (AvgIpc) is 3.16. The highest BCUT2D eigenvalue weighted by molar-refractivity contribution is 7.98. The van der Waals surface area contributed by atoms with E-state index in [1.165, 1.54) is 11.1 Å². The van der Waals surface area contributed by atoms with E-state index in [0.29, 0.717) is 0 Å². The molecule has 0 bridgehead atoms. The summed E-state index contributed by atoms with van der Waals surface area (Å²) < 4.78 is 1.71. The number of benzene rings is 1. The Balaban J connectivity index is 1.66. The van der Waals surface area contributed by atoms with E-state index in [9.17, 15) is 0 Å². The summed E-state index contributed by atoms with van der Waals surface area (Å²) in [4.78, 5) is 1.11. The van der Waals surface area contributed by atoms with Crippen molar-refractivity contribution < 1.29 is 0 Å². The van der Waals surface area contributed by atoms with Gasteiger partial charge in [-0.3, -0.25) is 0 Å². The van der Waals surface area contributed by atoms with E-state index in [1.54, 1.807) is 34.1 Å². The van der Waals surface area contributed by atoms with Crippen LogP contribution < -0.4 is 0 Å². The summed E-state index contributed by atoms with van der Waals surface area (Å²) in [6, 6.07) is 12.5. The SMILES string of the molecule is Cc1ccc(CSc2nncn2/N=C/c2cccs2)cc1. The van der Waals surface area contributed by atoms with Crippen LogP contribution in [-0.2, 0) is 5.75 Å². The number of thiophene rings is 1. The molecule has 0 radical (unpaired) electrons. The molecule has 3 aromatic rings. The molecular weight excluding hydrogens is 300 g/mol. The molecule has 0 fully saturated rings. The first-order valence-electron chi connectivity index (χ1n) is 6.47. The largest absolute Gasteiger partial charge is 0.212 e. The third-order valence-electron chi connectivity index (χ3n) is 2.84. The number of hydrogen-bond donors (Lipinski definition) is 0. The Labute approximate surface area is 131 Å². The molecule has 0 aliphatic carbocycles. The summed E-state index contributed by atoms with van der Waals surface area (Å²) in [7, 11) is 0. The van der Waals surface area contributed by atoms with Crippen molar-refractivity contribution in [3.63, 3.8) is 0 Å². The lowest BCUT2D eigenvalue weighted by atomic mass is 10.2. The Bertz CT molecular complexity index is 714. The summed E-state index contributed by atoms with van der Waals surface area (Å²) in [5.74, 6) is 0.855. The highest BCUT2D eigenvalue weighted by Gasteiger charge is 2.04. The van der Waals surface area contributed by atoms with Gasteiger partial charge >= 0.3 is 0 Å². The molecule has 2 heterocycles. The quantitative estimate of drug-likeness (QED) is 0.531. The number of rotatable bonds is 5. The standard InChI is InChI=1S/C15H14N4S2/c1-12-4-6-13(7-5-12)10-21-15-18-16-11-19(15)17-9-14-3-2-8-20-14/h2-9,11H,10H2,1H3/b17-9+. The molecule has 0 spiro atoms. The molecule has 0 amide bonds. The molecule has 3 rings (SSSR count). The van der Waals surface area contributed by atoms with Crippen molar-refractivity contribution in [3.05, 3.63) is 64.1 Å². The first kappa shape index (κ1) is 14.0. The molecule has 0 aliphatic heterocycles. The smallest absolute Gasteiger partial charge is 0.195 e. The van der Waals surface area contributed by atoms with Crippen molar-refractivity contribution in [2.75, 3.05) is 0 Å². The van der Waals surface area contributed by atoms with Gasteiger partial charge in [-0.05, 0) is 23.9 Å². The highest BCUT2D eigenvalue weighted by atomic mass is 32.2. The van der Waals surface area contributed by atoms with Crippen LogP contribution in [0.15, 0.2) is 58.4 Å². The van der Waals surface area contributed by atoms with Crippen molar-refractivity contribution in [3.8, 4) is 0 Å². The van der Waals surface area contributed by atoms with Gasteiger partial charge in [-0.15, -0.1) is 21.5 Å². The fraction of sp³-hybridized carbons (Fsp3) is 0.133. The average molecular weight is 314 g/mol. The zero-order valence-electron chi connectivity index (χ0n) is 11.5. The predicted molar refractivity (Wildman–Crippen MR) is 88.1 cm³/mol. The molecular formula is C15H14N4S2. The van der Waals surface area contributed by atoms with E-state index in [-0.39, 0.29) is 0 Å². The molecule has 0 saturated carbocycles. The van der Waals surface area contributed by atoms with Crippen LogP contribution in [0.1, 0.15) is 16.0 Å². The van der Waals surface area contributed by atoms with E-state index in [2.05, 4.69) is 46.5 Å². The summed E-state index contributed by atoms with van der Waals surface area (Å²) >= 11 is 3.28. The van der Waals surface area contributed by atoms with Gasteiger partial charge in [0.15, 0.2) is 0 Å². The summed E-state index contributed by atoms with van der Waals surface area (Å²) in [5, 5.41) is 15.3. The lowest BCUT2D eigenvalue weighted by Crippen LogP contribution is -1.92. The number of hydrogen-bond acceptors (Lipinski definition) is 5. The lowest BCUT2D eigenvalue weighted by Gasteiger charge is -2.01. The van der Waals surface area contributed by atoms with Crippen LogP contribution in [0.5, 0.6) is 0 Å². The van der Waals surface area contributed by atoms with Gasteiger partial charge in [0.1, 0.15) is 6.33 Å². The van der Waals surface area contributed by atoms with Crippen molar-refractivity contribution >= 4 is 29.3 Å². The molecule has 0 atom stereocenters. The van der Waals surface area contributed by atoms with Crippen LogP contribution >= 0.6 is 23.1 Å². The summed E-state index contributed by atoms with van der Waals surface area (Å²) in [5.41, 5.74) is 2.54. The minimum absolute atomic E-state index is 0.795. The van der Waals surface area contributed by atoms with Crippen LogP contribution in [-0.4, -0.2) is 21.1 Å². The van der Waals surface area contributed by atoms with Crippen molar-refractivity contribution in [1.82, 2.24) is 14.9 Å². The van der Waals surface area contributed by atoms with Gasteiger partial charge in [-0.25, -0.2) is 0 Å². The van der Waals surface area contributed by atoms with Gasteiger partial charge in [0.25, 0.3) is 0 Å². The van der Waals surface area contributed by atoms with Gasteiger partial charge < -0.3 is 0 Å². The van der Waals surface area contributed by atoms with Gasteiger partial charge in [-0.1, -0.05) is 47.7 Å². The zero-order valence-corrected chi connectivity index (χ0v) is 13.1. The predicted octanol–water partition coefficient (Wildman–Crippen LogP) is 3.82. The van der Waals surface area contributed by atoms with Crippen LogP contribution in [0.25, 0.3) is 0 Å². The van der Waals surface area contributed by atoms with E-state index >= 15 is 0 Å². The van der Waals surface area contributed by atoms with Crippen LogP contribution in [0.3, 0.4) is 0 Å². The molecule has 0 saturated heterocycles. The third-order valence-corrected chi connectivity index (χ3v) is 4.65. The minimum atomic E-state index is 0.795. The molecule has 106 valence electrons. The van der Waals surface area contributed by atoms with E-state index in [0.717, 1.165) is 15.8 Å². The Morgan fingerprint density at radius 1 is 1.29 bits per heavy atom. The first-order chi connectivity index (χ1) is 10.3. The number of aryl methyl sites for hydroxylation is 1. The minimum Gasteiger partial charge on any atom is -0.195 e. The molecule has 0 aliphatic rings. The maximum Gasteiger partial charge on any atom is 0.212 e. The topological polar surface area (TPSA) is 43.1 Å². The van der Waals surface area contributed by atoms with Gasteiger partial charge in [0.05, 0.1) is 6.21 Å². The van der Waals surface area contributed by atoms with Crippen molar-refractivity contribution in [2.45, 2.75) is 17.8 Å². The Kier molecular flexibility index (Phi) is 4.47. The lowest BCUT2D eigenvalue weighted by molar-refractivity contribution is 0.767. The Morgan fingerprint density at radius 2 is 2.14 bits per heavy atom. The summed E-state index contributed by atoms with van der Waals surface area (Å²) in [6.45, 7) is 2.09. The van der Waals surface area contributed by atoms with E-state index in [1.807, 2.05) is 23.7 Å². The Morgan fingerprint density at radius 3 is 2.90 bits per heavy atom. The van der Waals surface area contributed by atoms with Crippen molar-refractivity contribution in [1.29, 1.82) is 0 Å². The fourth-order valence-electron chi connectivity index (χ4n) is 1.71. The normalized spacial score (nSPS) is 11.3. The van der Waals surface area contributed by atoms with Crippen LogP contribution in [0, 0.1) is 6.92 Å². The third kappa shape index (κ3) is 3.80. The van der Waals surface area contributed by atoms with E-state index < -0.39 is 0 Å². The highest BCUT2D eigenvalue weighted by Crippen LogP contribution is 2.20. The Hall–Kier alpha value is -1.92. The molecule has 0 N–H and O–H groups in total. The molecule has 0 unspecified atom stereocenters. The molecule has 6 heteroatoms. The second-order valence-electron chi connectivity index (χ2n) is 4.49. The summed E-state index contributed by atoms with van der Waals surface area (Å²) in [6.07, 6.45) is 3.45. The van der Waals surface area contributed by atoms with Crippen molar-refractivity contribution in [2.24, 2.45) is 5.10 Å². The van der Waals surface area contributed by atoms with Gasteiger partial charge in [0.2, 0.25) is 5.16 Å². The van der Waals surface area contributed by atoms with Gasteiger partial charge in [-0.2, -0.15) is 9.78 Å². The van der Waals surface area contributed by atoms with Gasteiger partial charge in [0, 0.05) is 10.6 Å². The van der Waals surface area contributed by atoms with Crippen LogP contribution in [0.4, 0.5) is 0 Å². The number of thioether (sulfide) groups is 1. The van der Waals surface area contributed by atoms with E-state index in [4.69, 9.17) is 0 Å². The number of aromatic nitrogens is 3. The molecule has 1 aromatic carbocycles. The number of nitrogens with zero attached hydrogens (tertiary/aromatic N) is 4. The second kappa shape index (κ2) is 6.69. The second-order valence-corrected chi connectivity index (χ2v) is 6.41. The maximum atomic E-state index is 4.39. The monoisotopic (exact) mass is 314 g/mol. The van der Waals surface area contributed by atoms with Crippen LogP contribution in [0.2, 0.25) is 0 Å².